The Kier molecular flexibility index (Phi) is 1.84. The van der Waals surface area contributed by atoms with Gasteiger partial charge in [0.15, 0.2) is 5.82 Å². The molecule has 2 unspecified atom stereocenters. The fourth-order valence-electron chi connectivity index (χ4n) is 2.56. The summed E-state index contributed by atoms with van der Waals surface area (Å²) in [6.45, 7) is 0. The first-order valence-corrected chi connectivity index (χ1v) is 5.86. The van der Waals surface area contributed by atoms with E-state index < -0.39 is 0 Å². The number of rotatable bonds is 2. The van der Waals surface area contributed by atoms with Crippen molar-refractivity contribution in [1.29, 1.82) is 0 Å². The van der Waals surface area contributed by atoms with Crippen LogP contribution in [0.4, 0.5) is 5.82 Å². The molecule has 0 radical (unpaired) electrons. The lowest BCUT2D eigenvalue weighted by Crippen LogP contribution is -2.35. The Balaban J connectivity index is 1.59. The van der Waals surface area contributed by atoms with Gasteiger partial charge in [-0.15, -0.1) is 0 Å². The molecule has 0 saturated heterocycles. The number of carbonyl (C=O) groups excluding carboxylic acids is 1. The molecule has 2 heterocycles. The second kappa shape index (κ2) is 3.39. The number of hydrazine groups is 1. The van der Waals surface area contributed by atoms with E-state index in [-0.39, 0.29) is 11.9 Å². The summed E-state index contributed by atoms with van der Waals surface area (Å²) in [7, 11) is 0. The van der Waals surface area contributed by atoms with Crippen molar-refractivity contribution in [2.24, 2.45) is 5.92 Å². The van der Waals surface area contributed by atoms with E-state index in [2.05, 4.69) is 32.2 Å². The topological polar surface area (TPSA) is 78.9 Å². The Labute approximate surface area is 103 Å². The van der Waals surface area contributed by atoms with Crippen LogP contribution in [-0.4, -0.2) is 21.9 Å². The van der Waals surface area contributed by atoms with Crippen LogP contribution in [0.1, 0.15) is 6.42 Å². The molecule has 4 rings (SSSR count). The van der Waals surface area contributed by atoms with Crippen LogP contribution in [0.15, 0.2) is 41.5 Å². The third kappa shape index (κ3) is 1.36. The summed E-state index contributed by atoms with van der Waals surface area (Å²) in [5, 5.41) is 2.72. The maximum Gasteiger partial charge on any atom is 0.274 e. The Morgan fingerprint density at radius 2 is 2.39 bits per heavy atom. The number of carbonyl (C=O) groups is 1. The van der Waals surface area contributed by atoms with E-state index in [1.165, 1.54) is 11.8 Å². The number of nitrogens with zero attached hydrogens (tertiary/aromatic N) is 2. The molecule has 90 valence electrons. The second-order valence-corrected chi connectivity index (χ2v) is 4.65. The van der Waals surface area contributed by atoms with Crippen LogP contribution in [0.3, 0.4) is 0 Å². The predicted octanol–water partition coefficient (Wildman–Crippen LogP) is 0.105. The van der Waals surface area contributed by atoms with E-state index in [1.807, 2.05) is 0 Å². The van der Waals surface area contributed by atoms with Crippen molar-refractivity contribution in [2.75, 3.05) is 5.32 Å². The number of nitrogens with one attached hydrogen (secondary N) is 3. The molecular formula is C12H11N5O. The molecule has 1 saturated carbocycles. The van der Waals surface area contributed by atoms with Gasteiger partial charge in [0, 0.05) is 23.9 Å². The molecule has 2 aliphatic carbocycles. The molecule has 0 bridgehead atoms. The summed E-state index contributed by atoms with van der Waals surface area (Å²) in [4.78, 5) is 20.0. The van der Waals surface area contributed by atoms with Crippen molar-refractivity contribution in [1.82, 2.24) is 20.8 Å². The van der Waals surface area contributed by atoms with Crippen LogP contribution < -0.4 is 16.2 Å². The fraction of sp³-hybridized carbons (Fsp3) is 0.250. The van der Waals surface area contributed by atoms with Crippen molar-refractivity contribution in [3.63, 3.8) is 0 Å². The Hall–Kier alpha value is -2.21. The molecule has 18 heavy (non-hydrogen) atoms. The highest BCUT2D eigenvalue weighted by atomic mass is 16.2. The van der Waals surface area contributed by atoms with Crippen molar-refractivity contribution in [3.8, 4) is 0 Å². The maximum absolute atomic E-state index is 12.1. The van der Waals surface area contributed by atoms with Gasteiger partial charge in [-0.2, -0.15) is 0 Å². The van der Waals surface area contributed by atoms with Gasteiger partial charge >= 0.3 is 0 Å². The Morgan fingerprint density at radius 3 is 3.22 bits per heavy atom. The molecular weight excluding hydrogens is 230 g/mol. The summed E-state index contributed by atoms with van der Waals surface area (Å²) in [5.74, 6) is 0.865. The van der Waals surface area contributed by atoms with Gasteiger partial charge in [-0.25, -0.2) is 10.4 Å². The number of fused-ring (bicyclic) bond motifs is 3. The van der Waals surface area contributed by atoms with Crippen LogP contribution >= 0.6 is 0 Å². The van der Waals surface area contributed by atoms with Gasteiger partial charge in [0.2, 0.25) is 0 Å². The van der Waals surface area contributed by atoms with Gasteiger partial charge in [0.25, 0.3) is 5.91 Å². The molecule has 1 aromatic rings. The van der Waals surface area contributed by atoms with E-state index in [4.69, 9.17) is 0 Å². The number of hydrogen-bond donors (Lipinski definition) is 3. The van der Waals surface area contributed by atoms with Gasteiger partial charge < -0.3 is 10.7 Å². The van der Waals surface area contributed by atoms with E-state index in [1.54, 1.807) is 12.4 Å². The number of anilines is 1. The molecule has 6 nitrogen and oxygen atoms in total. The molecule has 1 aliphatic heterocycles. The first kappa shape index (κ1) is 9.78. The van der Waals surface area contributed by atoms with Gasteiger partial charge in [0.1, 0.15) is 5.70 Å². The normalized spacial score (nSPS) is 27.2. The molecule has 1 fully saturated rings. The lowest BCUT2D eigenvalue weighted by molar-refractivity contribution is -0.113. The van der Waals surface area contributed by atoms with Crippen LogP contribution in [0.25, 0.3) is 0 Å². The minimum absolute atomic E-state index is 0.182. The Morgan fingerprint density at radius 1 is 1.44 bits per heavy atom. The SMILES string of the molecule is O=C(Nc1cnccn1)C1=C2C=C3CC3C2NN1. The highest BCUT2D eigenvalue weighted by Gasteiger charge is 2.48. The van der Waals surface area contributed by atoms with E-state index in [0.29, 0.717) is 17.4 Å². The average molecular weight is 241 g/mol. The highest BCUT2D eigenvalue weighted by Crippen LogP contribution is 2.50. The summed E-state index contributed by atoms with van der Waals surface area (Å²) >= 11 is 0. The summed E-state index contributed by atoms with van der Waals surface area (Å²) in [5.41, 5.74) is 9.20. The molecule has 1 aromatic heterocycles. The molecule has 6 heteroatoms. The zero-order valence-electron chi connectivity index (χ0n) is 9.47. The number of aromatic nitrogens is 2. The quantitative estimate of drug-likeness (QED) is 0.684. The standard InChI is InChI=1S/C12H11N5O/c18-12(15-9-5-13-1-2-14-9)11-8-4-6-3-7(6)10(8)16-17-11/h1-2,4-5,7,10,16-17H,3H2,(H,14,15,18). The molecule has 3 N–H and O–H groups in total. The van der Waals surface area contributed by atoms with Gasteiger partial charge in [0.05, 0.1) is 12.2 Å². The number of amides is 1. The zero-order valence-corrected chi connectivity index (χ0v) is 9.47. The zero-order chi connectivity index (χ0) is 12.1. The summed E-state index contributed by atoms with van der Waals surface area (Å²) in [6.07, 6.45) is 7.91. The third-order valence-electron chi connectivity index (χ3n) is 3.52. The van der Waals surface area contributed by atoms with Crippen molar-refractivity contribution in [3.05, 3.63) is 41.5 Å². The molecule has 0 spiro atoms. The minimum atomic E-state index is -0.182. The van der Waals surface area contributed by atoms with Gasteiger partial charge in [-0.3, -0.25) is 9.78 Å². The summed E-state index contributed by atoms with van der Waals surface area (Å²) in [6, 6.07) is 0.266. The van der Waals surface area contributed by atoms with Crippen LogP contribution in [-0.2, 0) is 4.79 Å². The van der Waals surface area contributed by atoms with Crippen LogP contribution in [0.5, 0.6) is 0 Å². The smallest absolute Gasteiger partial charge is 0.274 e. The van der Waals surface area contributed by atoms with Crippen molar-refractivity contribution >= 4 is 11.7 Å². The number of hydrogen-bond acceptors (Lipinski definition) is 5. The minimum Gasteiger partial charge on any atom is -0.316 e. The molecule has 3 aliphatic rings. The fourth-order valence-corrected chi connectivity index (χ4v) is 2.56. The second-order valence-electron chi connectivity index (χ2n) is 4.65. The largest absolute Gasteiger partial charge is 0.316 e. The molecule has 1 amide bonds. The Bertz CT molecular complexity index is 592. The lowest BCUT2D eigenvalue weighted by Gasteiger charge is -2.05. The molecule has 0 aromatic carbocycles. The first-order chi connectivity index (χ1) is 8.83. The van der Waals surface area contributed by atoms with Crippen molar-refractivity contribution in [2.45, 2.75) is 12.5 Å². The van der Waals surface area contributed by atoms with E-state index >= 15 is 0 Å². The predicted molar refractivity (Wildman–Crippen MR) is 63.9 cm³/mol. The third-order valence-corrected chi connectivity index (χ3v) is 3.52. The van der Waals surface area contributed by atoms with Gasteiger partial charge in [-0.1, -0.05) is 11.6 Å². The average Bonchev–Trinajstić information content (AvgIpc) is 2.86. The van der Waals surface area contributed by atoms with Crippen LogP contribution in [0.2, 0.25) is 0 Å². The van der Waals surface area contributed by atoms with E-state index in [0.717, 1.165) is 12.0 Å². The van der Waals surface area contributed by atoms with E-state index in [9.17, 15) is 4.79 Å². The molecule has 2 atom stereocenters. The highest BCUT2D eigenvalue weighted by molar-refractivity contribution is 6.04. The van der Waals surface area contributed by atoms with Crippen molar-refractivity contribution < 1.29 is 4.79 Å². The first-order valence-electron chi connectivity index (χ1n) is 5.86. The lowest BCUT2D eigenvalue weighted by atomic mass is 10.1. The monoisotopic (exact) mass is 241 g/mol. The summed E-state index contributed by atoms with van der Waals surface area (Å²) < 4.78 is 0. The van der Waals surface area contributed by atoms with Gasteiger partial charge in [-0.05, 0) is 6.42 Å². The van der Waals surface area contributed by atoms with Crippen LogP contribution in [0, 0.1) is 5.92 Å². The maximum atomic E-state index is 12.1.